The minimum absolute atomic E-state index is 0.0599. The van der Waals surface area contributed by atoms with Gasteiger partial charge in [-0.1, -0.05) is 0 Å². The van der Waals surface area contributed by atoms with E-state index in [-0.39, 0.29) is 29.0 Å². The maximum absolute atomic E-state index is 13.0. The molecule has 0 aromatic heterocycles. The topological polar surface area (TPSA) is 264 Å². The molecule has 2 unspecified atom stereocenters. The summed E-state index contributed by atoms with van der Waals surface area (Å²) < 4.78 is 16.6. The van der Waals surface area contributed by atoms with Crippen LogP contribution in [0.5, 0.6) is 69.0 Å². The number of phenols is 10. The van der Waals surface area contributed by atoms with Crippen LogP contribution in [0.25, 0.3) is 0 Å². The first-order chi connectivity index (χ1) is 20.7. The van der Waals surface area contributed by atoms with Gasteiger partial charge in [-0.05, 0) is 36.4 Å². The third-order valence-corrected chi connectivity index (χ3v) is 6.69. The van der Waals surface area contributed by atoms with Crippen LogP contribution in [-0.4, -0.2) is 69.1 Å². The van der Waals surface area contributed by atoms with Gasteiger partial charge < -0.3 is 65.3 Å². The Morgan fingerprint density at radius 2 is 1.32 bits per heavy atom. The first kappa shape index (κ1) is 29.1. The molecular weight excluding hydrogens is 588 g/mol. The van der Waals surface area contributed by atoms with Crippen molar-refractivity contribution in [1.29, 1.82) is 0 Å². The predicted molar refractivity (Wildman–Crippen MR) is 144 cm³/mol. The van der Waals surface area contributed by atoms with E-state index in [9.17, 15) is 60.7 Å². The van der Waals surface area contributed by atoms with Crippen LogP contribution in [0, 0.1) is 0 Å². The van der Waals surface area contributed by atoms with Gasteiger partial charge in [0.15, 0.2) is 46.4 Å². The van der Waals surface area contributed by atoms with Crippen LogP contribution in [0.2, 0.25) is 0 Å². The molecule has 5 rings (SSSR count). The smallest absolute Gasteiger partial charge is 0.347 e. The monoisotopic (exact) mass is 610 g/mol. The highest BCUT2D eigenvalue weighted by Gasteiger charge is 2.38. The maximum Gasteiger partial charge on any atom is 0.347 e. The number of ether oxygens (including phenoxy) is 3. The molecule has 10 N–H and O–H groups in total. The number of carbonyl (C=O) groups excluding carboxylic acids is 2. The van der Waals surface area contributed by atoms with Crippen LogP contribution >= 0.6 is 0 Å². The second-order valence-electron chi connectivity index (χ2n) is 9.60. The molecule has 228 valence electrons. The van der Waals surface area contributed by atoms with Crippen molar-refractivity contribution < 1.29 is 74.9 Å². The average molecular weight is 610 g/mol. The zero-order valence-corrected chi connectivity index (χ0v) is 22.0. The lowest BCUT2D eigenvalue weighted by Gasteiger charge is -2.34. The summed E-state index contributed by atoms with van der Waals surface area (Å²) >= 11 is 0. The number of rotatable bonds is 5. The first-order valence-corrected chi connectivity index (χ1v) is 12.4. The van der Waals surface area contributed by atoms with E-state index in [4.69, 9.17) is 14.2 Å². The third kappa shape index (κ3) is 5.20. The Hall–Kier alpha value is -6.38. The van der Waals surface area contributed by atoms with Gasteiger partial charge in [0.1, 0.15) is 28.9 Å². The third-order valence-electron chi connectivity index (χ3n) is 6.69. The molecule has 4 aromatic carbocycles. The Kier molecular flexibility index (Phi) is 7.14. The highest BCUT2D eigenvalue weighted by atomic mass is 16.6. The standard InChI is InChI=1S/C29H22O15/c30-12-7-16(32)14-9-22(44-28(40)11-4-17(33)24(37)18(34)5-11)27(42-20(14)8-12)10-3-19(35)25(38)21(6-10)43-29(41)13-1-2-15(31)26(39)23(13)36/h1-8,22,27,30-39H,9H2. The van der Waals surface area contributed by atoms with Gasteiger partial charge in [-0.3, -0.25) is 0 Å². The van der Waals surface area contributed by atoms with Gasteiger partial charge in [0, 0.05) is 29.7 Å². The van der Waals surface area contributed by atoms with Gasteiger partial charge >= 0.3 is 11.9 Å². The van der Waals surface area contributed by atoms with Gasteiger partial charge in [0.25, 0.3) is 0 Å². The molecule has 0 radical (unpaired) electrons. The van der Waals surface area contributed by atoms with Gasteiger partial charge in [-0.15, -0.1) is 0 Å². The van der Waals surface area contributed by atoms with Crippen molar-refractivity contribution in [2.75, 3.05) is 0 Å². The molecule has 1 aliphatic rings. The second kappa shape index (κ2) is 10.8. The van der Waals surface area contributed by atoms with Crippen LogP contribution in [0.15, 0.2) is 48.5 Å². The van der Waals surface area contributed by atoms with Crippen LogP contribution in [0.1, 0.15) is 37.9 Å². The number of esters is 2. The lowest BCUT2D eigenvalue weighted by atomic mass is 9.93. The van der Waals surface area contributed by atoms with Crippen LogP contribution in [0.3, 0.4) is 0 Å². The first-order valence-electron chi connectivity index (χ1n) is 12.4. The van der Waals surface area contributed by atoms with E-state index in [2.05, 4.69) is 0 Å². The highest BCUT2D eigenvalue weighted by Crippen LogP contribution is 2.47. The lowest BCUT2D eigenvalue weighted by molar-refractivity contribution is -0.0189. The molecule has 44 heavy (non-hydrogen) atoms. The minimum Gasteiger partial charge on any atom is -0.508 e. The van der Waals surface area contributed by atoms with Crippen molar-refractivity contribution in [3.05, 3.63) is 70.8 Å². The van der Waals surface area contributed by atoms with Gasteiger partial charge in [0.2, 0.25) is 11.5 Å². The van der Waals surface area contributed by atoms with E-state index in [0.717, 1.165) is 48.5 Å². The summed E-state index contributed by atoms with van der Waals surface area (Å²) in [5.74, 6) is -11.1. The molecule has 0 saturated carbocycles. The Labute approximate surface area is 245 Å². The fourth-order valence-corrected chi connectivity index (χ4v) is 4.51. The van der Waals surface area contributed by atoms with E-state index < -0.39 is 92.8 Å². The molecule has 15 nitrogen and oxygen atoms in total. The SMILES string of the molecule is O=C(OC1Cc2c(O)cc(O)cc2OC1c1cc(O)c(O)c(OC(=O)c2ccc(O)c(O)c2O)c1)c1cc(O)c(O)c(O)c1. The maximum atomic E-state index is 13.0. The van der Waals surface area contributed by atoms with E-state index in [1.165, 1.54) is 0 Å². The summed E-state index contributed by atoms with van der Waals surface area (Å²) in [7, 11) is 0. The van der Waals surface area contributed by atoms with Crippen molar-refractivity contribution in [3.8, 4) is 69.0 Å². The van der Waals surface area contributed by atoms with E-state index in [0.29, 0.717) is 0 Å². The summed E-state index contributed by atoms with van der Waals surface area (Å²) in [6.45, 7) is 0. The zero-order chi connectivity index (χ0) is 32.0. The second-order valence-corrected chi connectivity index (χ2v) is 9.60. The molecule has 0 amide bonds. The van der Waals surface area contributed by atoms with Crippen molar-refractivity contribution in [2.45, 2.75) is 18.6 Å². The summed E-state index contributed by atoms with van der Waals surface area (Å²) in [4.78, 5) is 25.8. The molecule has 0 fully saturated rings. The molecule has 2 atom stereocenters. The number of hydrogen-bond donors (Lipinski definition) is 10. The Morgan fingerprint density at radius 1 is 0.659 bits per heavy atom. The summed E-state index contributed by atoms with van der Waals surface area (Å²) in [5, 5.41) is 99.7. The van der Waals surface area contributed by atoms with Crippen LogP contribution in [-0.2, 0) is 11.2 Å². The average Bonchev–Trinajstić information content (AvgIpc) is 2.96. The predicted octanol–water partition coefficient (Wildman–Crippen LogP) is 2.86. The molecule has 0 aliphatic carbocycles. The fourth-order valence-electron chi connectivity index (χ4n) is 4.51. The van der Waals surface area contributed by atoms with Gasteiger partial charge in [-0.25, -0.2) is 9.59 Å². The summed E-state index contributed by atoms with van der Waals surface area (Å²) in [6.07, 6.45) is -3.00. The number of aromatic hydroxyl groups is 10. The molecule has 0 spiro atoms. The lowest BCUT2D eigenvalue weighted by Crippen LogP contribution is -2.34. The normalized spacial score (nSPS) is 15.5. The highest BCUT2D eigenvalue weighted by molar-refractivity contribution is 5.95. The fraction of sp³-hybridized carbons (Fsp3) is 0.103. The number of hydrogen-bond acceptors (Lipinski definition) is 15. The number of phenolic OH excluding ortho intramolecular Hbond substituents is 10. The molecule has 4 aromatic rings. The molecule has 0 bridgehead atoms. The Bertz CT molecular complexity index is 1810. The van der Waals surface area contributed by atoms with E-state index >= 15 is 0 Å². The number of fused-ring (bicyclic) bond motifs is 1. The molecule has 0 saturated heterocycles. The summed E-state index contributed by atoms with van der Waals surface area (Å²) in [5.41, 5.74) is -0.989. The Balaban J connectivity index is 1.54. The van der Waals surface area contributed by atoms with Gasteiger partial charge in [0.05, 0.1) is 5.56 Å². The molecule has 1 aliphatic heterocycles. The van der Waals surface area contributed by atoms with Crippen LogP contribution in [0.4, 0.5) is 0 Å². The van der Waals surface area contributed by atoms with Crippen molar-refractivity contribution in [2.24, 2.45) is 0 Å². The number of carbonyl (C=O) groups is 2. The van der Waals surface area contributed by atoms with Crippen LogP contribution < -0.4 is 9.47 Å². The quantitative estimate of drug-likeness (QED) is 0.0884. The van der Waals surface area contributed by atoms with Crippen molar-refractivity contribution in [1.82, 2.24) is 0 Å². The number of benzene rings is 4. The minimum atomic E-state index is -1.39. The van der Waals surface area contributed by atoms with E-state index in [1.54, 1.807) is 0 Å². The molecular formula is C29H22O15. The van der Waals surface area contributed by atoms with Crippen molar-refractivity contribution >= 4 is 11.9 Å². The van der Waals surface area contributed by atoms with E-state index in [1.807, 2.05) is 0 Å². The molecule has 1 heterocycles. The largest absolute Gasteiger partial charge is 0.508 e. The summed E-state index contributed by atoms with van der Waals surface area (Å²) in [6, 6.07) is 7.61. The molecule has 15 heteroatoms. The Morgan fingerprint density at radius 3 is 2.00 bits per heavy atom. The van der Waals surface area contributed by atoms with Crippen molar-refractivity contribution in [3.63, 3.8) is 0 Å². The van der Waals surface area contributed by atoms with Gasteiger partial charge in [-0.2, -0.15) is 0 Å². The zero-order valence-electron chi connectivity index (χ0n) is 22.0.